The molecule has 20 heavy (non-hydrogen) atoms. The molecule has 3 rings (SSSR count). The van der Waals surface area contributed by atoms with Gasteiger partial charge < -0.3 is 5.32 Å². The minimum Gasteiger partial charge on any atom is -0.326 e. The summed E-state index contributed by atoms with van der Waals surface area (Å²) >= 11 is 0. The molecule has 0 aliphatic heterocycles. The summed E-state index contributed by atoms with van der Waals surface area (Å²) in [5.41, 5.74) is 2.30. The Kier molecular flexibility index (Phi) is 3.82. The van der Waals surface area contributed by atoms with E-state index in [9.17, 15) is 4.79 Å². The third-order valence-corrected chi connectivity index (χ3v) is 5.43. The highest BCUT2D eigenvalue weighted by Gasteiger charge is 2.42. The molecule has 0 unspecified atom stereocenters. The second kappa shape index (κ2) is 5.59. The number of nitrogens with one attached hydrogen (secondary N) is 1. The van der Waals surface area contributed by atoms with Crippen LogP contribution in [0.2, 0.25) is 0 Å². The minimum absolute atomic E-state index is 0.244. The summed E-state index contributed by atoms with van der Waals surface area (Å²) in [6.07, 6.45) is 6.15. The zero-order valence-electron chi connectivity index (χ0n) is 12.6. The van der Waals surface area contributed by atoms with Crippen molar-refractivity contribution in [3.05, 3.63) is 29.8 Å². The van der Waals surface area contributed by atoms with Crippen molar-refractivity contribution in [2.75, 3.05) is 5.32 Å². The molecule has 2 aliphatic carbocycles. The van der Waals surface area contributed by atoms with Gasteiger partial charge in [0.15, 0.2) is 0 Å². The van der Waals surface area contributed by atoms with Crippen LogP contribution in [-0.4, -0.2) is 5.91 Å². The number of carbonyl (C=O) groups excluding carboxylic acids is 1. The number of carbonyl (C=O) groups is 1. The van der Waals surface area contributed by atoms with Crippen LogP contribution in [-0.2, 0) is 4.79 Å². The summed E-state index contributed by atoms with van der Waals surface area (Å²) in [6.45, 7) is 4.44. The topological polar surface area (TPSA) is 29.1 Å². The van der Waals surface area contributed by atoms with E-state index >= 15 is 0 Å². The van der Waals surface area contributed by atoms with Crippen LogP contribution < -0.4 is 5.32 Å². The zero-order valence-corrected chi connectivity index (χ0v) is 12.6. The van der Waals surface area contributed by atoms with Gasteiger partial charge in [-0.2, -0.15) is 0 Å². The molecule has 0 radical (unpaired) electrons. The Morgan fingerprint density at radius 3 is 2.55 bits per heavy atom. The Morgan fingerprint density at radius 2 is 2.00 bits per heavy atom. The molecule has 0 spiro atoms. The van der Waals surface area contributed by atoms with Crippen molar-refractivity contribution in [2.45, 2.75) is 51.9 Å². The van der Waals surface area contributed by atoms with E-state index in [1.165, 1.54) is 24.8 Å². The monoisotopic (exact) mass is 271 g/mol. The highest BCUT2D eigenvalue weighted by Crippen LogP contribution is 2.48. The quantitative estimate of drug-likeness (QED) is 0.853. The highest BCUT2D eigenvalue weighted by molar-refractivity contribution is 5.93. The number of fused-ring (bicyclic) bond motifs is 2. The van der Waals surface area contributed by atoms with Crippen molar-refractivity contribution in [3.8, 4) is 0 Å². The van der Waals surface area contributed by atoms with Gasteiger partial charge in [-0.1, -0.05) is 32.4 Å². The molecule has 1 aromatic carbocycles. The van der Waals surface area contributed by atoms with Gasteiger partial charge in [0.05, 0.1) is 0 Å². The fourth-order valence-corrected chi connectivity index (χ4v) is 3.93. The fraction of sp³-hybridized carbons (Fsp3) is 0.611. The number of hydrogen-bond donors (Lipinski definition) is 1. The summed E-state index contributed by atoms with van der Waals surface area (Å²) in [6, 6.07) is 8.38. The maximum atomic E-state index is 12.4. The largest absolute Gasteiger partial charge is 0.326 e. The molecule has 2 saturated carbocycles. The lowest BCUT2D eigenvalue weighted by atomic mass is 9.88. The van der Waals surface area contributed by atoms with Gasteiger partial charge in [-0.15, -0.1) is 0 Å². The second-order valence-electron chi connectivity index (χ2n) is 6.70. The van der Waals surface area contributed by atoms with Crippen LogP contribution in [0.15, 0.2) is 24.3 Å². The molecule has 0 aromatic heterocycles. The lowest BCUT2D eigenvalue weighted by molar-refractivity contribution is -0.121. The van der Waals surface area contributed by atoms with Crippen LogP contribution in [0.25, 0.3) is 0 Å². The van der Waals surface area contributed by atoms with Crippen LogP contribution in [0, 0.1) is 17.8 Å². The molecule has 2 aliphatic rings. The van der Waals surface area contributed by atoms with Crippen molar-refractivity contribution in [3.63, 3.8) is 0 Å². The molecule has 2 bridgehead atoms. The summed E-state index contributed by atoms with van der Waals surface area (Å²) < 4.78 is 0. The number of rotatable bonds is 4. The molecular weight excluding hydrogens is 246 g/mol. The van der Waals surface area contributed by atoms with E-state index < -0.39 is 0 Å². The van der Waals surface area contributed by atoms with E-state index in [0.29, 0.717) is 11.8 Å². The number of benzene rings is 1. The molecule has 0 saturated heterocycles. The normalized spacial score (nSPS) is 29.4. The Balaban J connectivity index is 1.61. The van der Waals surface area contributed by atoms with E-state index in [2.05, 4.69) is 31.3 Å². The maximum absolute atomic E-state index is 12.4. The first-order valence-corrected chi connectivity index (χ1v) is 8.08. The molecule has 2 heteroatoms. The zero-order chi connectivity index (χ0) is 14.1. The predicted octanol–water partition coefficient (Wildman–Crippen LogP) is 4.57. The average molecular weight is 271 g/mol. The molecule has 4 atom stereocenters. The van der Waals surface area contributed by atoms with Crippen molar-refractivity contribution in [2.24, 2.45) is 17.8 Å². The predicted molar refractivity (Wildman–Crippen MR) is 82.7 cm³/mol. The summed E-state index contributed by atoms with van der Waals surface area (Å²) in [7, 11) is 0. The summed E-state index contributed by atoms with van der Waals surface area (Å²) in [5.74, 6) is 2.57. The van der Waals surface area contributed by atoms with Crippen LogP contribution in [0.1, 0.15) is 57.4 Å². The molecule has 0 heterocycles. The molecule has 1 N–H and O–H groups in total. The molecular formula is C18H25NO. The Hall–Kier alpha value is -1.31. The number of amides is 1. The van der Waals surface area contributed by atoms with Gasteiger partial charge in [-0.25, -0.2) is 0 Å². The number of hydrogen-bond acceptors (Lipinski definition) is 1. The van der Waals surface area contributed by atoms with Gasteiger partial charge >= 0.3 is 0 Å². The van der Waals surface area contributed by atoms with Crippen LogP contribution >= 0.6 is 0 Å². The Morgan fingerprint density at radius 1 is 1.25 bits per heavy atom. The Labute approximate surface area is 122 Å². The van der Waals surface area contributed by atoms with Gasteiger partial charge in [-0.05, 0) is 61.1 Å². The summed E-state index contributed by atoms with van der Waals surface area (Å²) in [5, 5.41) is 3.11. The molecule has 108 valence electrons. The number of anilines is 1. The average Bonchev–Trinajstić information content (AvgIpc) is 3.10. The first-order chi connectivity index (χ1) is 9.67. The Bertz CT molecular complexity index is 479. The molecule has 1 aromatic rings. The SMILES string of the molecule is CC[C@H](C)c1ccc(NC(=O)[C@@H]2C[C@H]3CC[C@H]2C3)cc1. The van der Waals surface area contributed by atoms with Gasteiger partial charge in [0.1, 0.15) is 0 Å². The van der Waals surface area contributed by atoms with Gasteiger partial charge in [0.2, 0.25) is 5.91 Å². The van der Waals surface area contributed by atoms with E-state index in [-0.39, 0.29) is 11.8 Å². The third kappa shape index (κ3) is 2.61. The van der Waals surface area contributed by atoms with E-state index in [1.807, 2.05) is 12.1 Å². The molecule has 2 fully saturated rings. The van der Waals surface area contributed by atoms with Crippen LogP contribution in [0.3, 0.4) is 0 Å². The summed E-state index contributed by atoms with van der Waals surface area (Å²) in [4.78, 5) is 12.4. The maximum Gasteiger partial charge on any atom is 0.227 e. The fourth-order valence-electron chi connectivity index (χ4n) is 3.93. The van der Waals surface area contributed by atoms with Crippen molar-refractivity contribution in [1.29, 1.82) is 0 Å². The smallest absolute Gasteiger partial charge is 0.227 e. The van der Waals surface area contributed by atoms with Crippen molar-refractivity contribution in [1.82, 2.24) is 0 Å². The first-order valence-electron chi connectivity index (χ1n) is 8.08. The van der Waals surface area contributed by atoms with Gasteiger partial charge in [0, 0.05) is 11.6 Å². The third-order valence-electron chi connectivity index (χ3n) is 5.43. The van der Waals surface area contributed by atoms with Crippen molar-refractivity contribution >= 4 is 11.6 Å². The standard InChI is InChI=1S/C18H25NO/c1-3-12(2)14-6-8-16(9-7-14)19-18(20)17-11-13-4-5-15(17)10-13/h6-9,12-13,15,17H,3-5,10-11H2,1-2H3,(H,19,20)/t12-,13-,15-,17+/m0/s1. The van der Waals surface area contributed by atoms with E-state index in [1.54, 1.807) is 0 Å². The first kappa shape index (κ1) is 13.7. The lowest BCUT2D eigenvalue weighted by Gasteiger charge is -2.21. The highest BCUT2D eigenvalue weighted by atomic mass is 16.1. The lowest BCUT2D eigenvalue weighted by Crippen LogP contribution is -2.27. The van der Waals surface area contributed by atoms with E-state index in [0.717, 1.165) is 24.4 Å². The van der Waals surface area contributed by atoms with E-state index in [4.69, 9.17) is 0 Å². The van der Waals surface area contributed by atoms with Gasteiger partial charge in [0.25, 0.3) is 0 Å². The molecule has 1 amide bonds. The minimum atomic E-state index is 0.244. The van der Waals surface area contributed by atoms with Crippen LogP contribution in [0.4, 0.5) is 5.69 Å². The van der Waals surface area contributed by atoms with Gasteiger partial charge in [-0.3, -0.25) is 4.79 Å². The second-order valence-corrected chi connectivity index (χ2v) is 6.70. The molecule has 2 nitrogen and oxygen atoms in total. The van der Waals surface area contributed by atoms with Crippen molar-refractivity contribution < 1.29 is 4.79 Å². The van der Waals surface area contributed by atoms with Crippen LogP contribution in [0.5, 0.6) is 0 Å².